The lowest BCUT2D eigenvalue weighted by atomic mass is 10.1. The second kappa shape index (κ2) is 4.79. The highest BCUT2D eigenvalue weighted by Crippen LogP contribution is 2.21. The number of halogens is 2. The SMILES string of the molecule is NC[C@@H]1CC(=O)N(Cc2c(F)cccc2F)C1. The van der Waals surface area contributed by atoms with Crippen LogP contribution in [0.5, 0.6) is 0 Å². The molecule has 2 N–H and O–H groups in total. The molecule has 17 heavy (non-hydrogen) atoms. The summed E-state index contributed by atoms with van der Waals surface area (Å²) in [5.74, 6) is -1.23. The maximum Gasteiger partial charge on any atom is 0.223 e. The number of amides is 1. The third-order valence-electron chi connectivity index (χ3n) is 3.04. The Kier molecular flexibility index (Phi) is 3.38. The Morgan fingerprint density at radius 1 is 1.35 bits per heavy atom. The molecule has 0 bridgehead atoms. The molecular formula is C12H14F2N2O. The molecule has 0 saturated carbocycles. The predicted octanol–water partition coefficient (Wildman–Crippen LogP) is 1.27. The lowest BCUT2D eigenvalue weighted by molar-refractivity contribution is -0.128. The number of rotatable bonds is 3. The molecule has 2 rings (SSSR count). The molecule has 5 heteroatoms. The lowest BCUT2D eigenvalue weighted by Gasteiger charge is -2.17. The molecule has 1 saturated heterocycles. The molecule has 3 nitrogen and oxygen atoms in total. The van der Waals surface area contributed by atoms with Crippen molar-refractivity contribution < 1.29 is 13.6 Å². The molecule has 1 heterocycles. The van der Waals surface area contributed by atoms with Crippen LogP contribution in [0.1, 0.15) is 12.0 Å². The fourth-order valence-electron chi connectivity index (χ4n) is 2.04. The largest absolute Gasteiger partial charge is 0.338 e. The van der Waals surface area contributed by atoms with Crippen molar-refractivity contribution in [3.8, 4) is 0 Å². The van der Waals surface area contributed by atoms with E-state index in [1.807, 2.05) is 0 Å². The minimum absolute atomic E-state index is 0.0200. The molecule has 0 unspecified atom stereocenters. The van der Waals surface area contributed by atoms with E-state index in [9.17, 15) is 13.6 Å². The van der Waals surface area contributed by atoms with Crippen LogP contribution >= 0.6 is 0 Å². The van der Waals surface area contributed by atoms with E-state index in [1.54, 1.807) is 0 Å². The van der Waals surface area contributed by atoms with Crippen molar-refractivity contribution in [2.24, 2.45) is 11.7 Å². The van der Waals surface area contributed by atoms with Crippen molar-refractivity contribution in [1.29, 1.82) is 0 Å². The second-order valence-electron chi connectivity index (χ2n) is 4.28. The fourth-order valence-corrected chi connectivity index (χ4v) is 2.04. The van der Waals surface area contributed by atoms with Gasteiger partial charge < -0.3 is 10.6 Å². The minimum atomic E-state index is -0.617. The normalized spacial score (nSPS) is 20.1. The van der Waals surface area contributed by atoms with Gasteiger partial charge in [-0.05, 0) is 24.6 Å². The van der Waals surface area contributed by atoms with Crippen LogP contribution in [-0.2, 0) is 11.3 Å². The lowest BCUT2D eigenvalue weighted by Crippen LogP contribution is -2.26. The molecule has 92 valence electrons. The molecule has 1 aromatic rings. The molecular weight excluding hydrogens is 226 g/mol. The molecule has 1 amide bonds. The van der Waals surface area contributed by atoms with Gasteiger partial charge in [0.05, 0.1) is 6.54 Å². The summed E-state index contributed by atoms with van der Waals surface area (Å²) in [6, 6.07) is 3.70. The van der Waals surface area contributed by atoms with Gasteiger partial charge in [-0.15, -0.1) is 0 Å². The van der Waals surface area contributed by atoms with Gasteiger partial charge in [0.1, 0.15) is 11.6 Å². The summed E-state index contributed by atoms with van der Waals surface area (Å²) in [4.78, 5) is 13.1. The van der Waals surface area contributed by atoms with Crippen molar-refractivity contribution in [2.75, 3.05) is 13.1 Å². The van der Waals surface area contributed by atoms with Gasteiger partial charge in [-0.2, -0.15) is 0 Å². The van der Waals surface area contributed by atoms with Crippen molar-refractivity contribution in [3.05, 3.63) is 35.4 Å². The van der Waals surface area contributed by atoms with Gasteiger partial charge >= 0.3 is 0 Å². The number of carbonyl (C=O) groups is 1. The zero-order valence-electron chi connectivity index (χ0n) is 9.33. The smallest absolute Gasteiger partial charge is 0.223 e. The monoisotopic (exact) mass is 240 g/mol. The first kappa shape index (κ1) is 12.0. The zero-order valence-corrected chi connectivity index (χ0v) is 9.33. The van der Waals surface area contributed by atoms with E-state index in [2.05, 4.69) is 0 Å². The minimum Gasteiger partial charge on any atom is -0.338 e. The number of hydrogen-bond donors (Lipinski definition) is 1. The van der Waals surface area contributed by atoms with Gasteiger partial charge in [-0.25, -0.2) is 8.78 Å². The van der Waals surface area contributed by atoms with Crippen LogP contribution in [-0.4, -0.2) is 23.9 Å². The number of carbonyl (C=O) groups excluding carboxylic acids is 1. The van der Waals surface area contributed by atoms with E-state index >= 15 is 0 Å². The van der Waals surface area contributed by atoms with E-state index in [4.69, 9.17) is 5.73 Å². The van der Waals surface area contributed by atoms with Crippen LogP contribution in [0.3, 0.4) is 0 Å². The average molecular weight is 240 g/mol. The third-order valence-corrected chi connectivity index (χ3v) is 3.04. The van der Waals surface area contributed by atoms with Crippen LogP contribution in [0.15, 0.2) is 18.2 Å². The Hall–Kier alpha value is -1.49. The summed E-state index contributed by atoms with van der Waals surface area (Å²) in [5.41, 5.74) is 5.43. The summed E-state index contributed by atoms with van der Waals surface area (Å²) < 4.78 is 26.8. The topological polar surface area (TPSA) is 46.3 Å². The standard InChI is InChI=1S/C12H14F2N2O/c13-10-2-1-3-11(14)9(10)7-16-6-8(5-15)4-12(16)17/h1-3,8H,4-7,15H2/t8-/m0/s1. The summed E-state index contributed by atoms with van der Waals surface area (Å²) in [6.07, 6.45) is 0.368. The Bertz CT molecular complexity index is 416. The summed E-state index contributed by atoms with van der Waals surface area (Å²) in [7, 11) is 0. The van der Waals surface area contributed by atoms with Gasteiger partial charge in [0, 0.05) is 18.5 Å². The molecule has 1 aliphatic rings. The zero-order chi connectivity index (χ0) is 12.4. The molecule has 0 aliphatic carbocycles. The first-order chi connectivity index (χ1) is 8.11. The quantitative estimate of drug-likeness (QED) is 0.864. The molecule has 0 aromatic heterocycles. The summed E-state index contributed by atoms with van der Waals surface area (Å²) in [5, 5.41) is 0. The molecule has 1 fully saturated rings. The van der Waals surface area contributed by atoms with Crippen LogP contribution in [0.4, 0.5) is 8.78 Å². The van der Waals surface area contributed by atoms with Gasteiger partial charge in [0.25, 0.3) is 0 Å². The number of likely N-dealkylation sites (tertiary alicyclic amines) is 1. The number of nitrogens with two attached hydrogens (primary N) is 1. The van der Waals surface area contributed by atoms with Gasteiger partial charge in [-0.1, -0.05) is 6.07 Å². The summed E-state index contributed by atoms with van der Waals surface area (Å²) >= 11 is 0. The van der Waals surface area contributed by atoms with Crippen molar-refractivity contribution in [2.45, 2.75) is 13.0 Å². The van der Waals surface area contributed by atoms with E-state index < -0.39 is 11.6 Å². The second-order valence-corrected chi connectivity index (χ2v) is 4.28. The molecule has 1 aromatic carbocycles. The first-order valence-corrected chi connectivity index (χ1v) is 5.52. The maximum absolute atomic E-state index is 13.4. The summed E-state index contributed by atoms with van der Waals surface area (Å²) in [6.45, 7) is 0.874. The maximum atomic E-state index is 13.4. The van der Waals surface area contributed by atoms with Crippen molar-refractivity contribution >= 4 is 5.91 Å². The highest BCUT2D eigenvalue weighted by atomic mass is 19.1. The Morgan fingerprint density at radius 3 is 2.53 bits per heavy atom. The van der Waals surface area contributed by atoms with Crippen molar-refractivity contribution in [1.82, 2.24) is 4.90 Å². The van der Waals surface area contributed by atoms with E-state index in [0.717, 1.165) is 0 Å². The van der Waals surface area contributed by atoms with E-state index in [-0.39, 0.29) is 23.9 Å². The van der Waals surface area contributed by atoms with Crippen LogP contribution in [0.2, 0.25) is 0 Å². The molecule has 1 atom stereocenters. The molecule has 0 radical (unpaired) electrons. The van der Waals surface area contributed by atoms with Crippen LogP contribution < -0.4 is 5.73 Å². The third kappa shape index (κ3) is 2.44. The van der Waals surface area contributed by atoms with Crippen LogP contribution in [0.25, 0.3) is 0 Å². The Balaban J connectivity index is 2.14. The van der Waals surface area contributed by atoms with Gasteiger partial charge in [0.15, 0.2) is 0 Å². The van der Waals surface area contributed by atoms with Crippen molar-refractivity contribution in [3.63, 3.8) is 0 Å². The van der Waals surface area contributed by atoms with Gasteiger partial charge in [0.2, 0.25) is 5.91 Å². The molecule has 1 aliphatic heterocycles. The number of hydrogen-bond acceptors (Lipinski definition) is 2. The number of benzene rings is 1. The molecule has 0 spiro atoms. The Morgan fingerprint density at radius 2 is 2.00 bits per heavy atom. The Labute approximate surface area is 98.2 Å². The predicted molar refractivity (Wildman–Crippen MR) is 58.9 cm³/mol. The van der Waals surface area contributed by atoms with Gasteiger partial charge in [-0.3, -0.25) is 4.79 Å². The van der Waals surface area contributed by atoms with Crippen LogP contribution in [0, 0.1) is 17.6 Å². The average Bonchev–Trinajstić information content (AvgIpc) is 2.65. The van der Waals surface area contributed by atoms with E-state index in [0.29, 0.717) is 19.5 Å². The fraction of sp³-hybridized carbons (Fsp3) is 0.417. The van der Waals surface area contributed by atoms with E-state index in [1.165, 1.54) is 23.1 Å². The number of nitrogens with zero attached hydrogens (tertiary/aromatic N) is 1. The highest BCUT2D eigenvalue weighted by Gasteiger charge is 2.29. The first-order valence-electron chi connectivity index (χ1n) is 5.52. The highest BCUT2D eigenvalue weighted by molar-refractivity contribution is 5.78.